The monoisotopic (exact) mass is 290 g/mol. The van der Waals surface area contributed by atoms with E-state index in [0.717, 1.165) is 0 Å². The van der Waals surface area contributed by atoms with Gasteiger partial charge in [-0.05, 0) is 18.1 Å². The highest BCUT2D eigenvalue weighted by Crippen LogP contribution is 2.29. The highest BCUT2D eigenvalue weighted by molar-refractivity contribution is 6.39. The van der Waals surface area contributed by atoms with Gasteiger partial charge in [-0.3, -0.25) is 4.79 Å². The highest BCUT2D eigenvalue weighted by Gasteiger charge is 2.09. The average molecular weight is 291 g/mol. The third-order valence-electron chi connectivity index (χ3n) is 1.98. The third-order valence-corrected chi connectivity index (χ3v) is 2.61. The number of benzene rings is 1. The summed E-state index contributed by atoms with van der Waals surface area (Å²) in [7, 11) is 0. The lowest BCUT2D eigenvalue weighted by atomic mass is 10.2. The number of carbonyl (C=O) groups is 1. The number of nitrogens with one attached hydrogen (secondary N) is 2. The number of para-hydroxylation sites is 1. The maximum absolute atomic E-state index is 11.6. The minimum absolute atomic E-state index is 0.0360. The SMILES string of the molecule is CC(C)CONCC(=O)Nc1c(Cl)cccc1Cl. The van der Waals surface area contributed by atoms with Crippen molar-refractivity contribution in [1.29, 1.82) is 0 Å². The van der Waals surface area contributed by atoms with E-state index in [1.807, 2.05) is 13.8 Å². The predicted molar refractivity (Wildman–Crippen MR) is 73.9 cm³/mol. The molecule has 0 aliphatic carbocycles. The van der Waals surface area contributed by atoms with Gasteiger partial charge in [0.25, 0.3) is 0 Å². The molecule has 1 aromatic carbocycles. The van der Waals surface area contributed by atoms with E-state index >= 15 is 0 Å². The molecule has 0 fully saturated rings. The largest absolute Gasteiger partial charge is 0.322 e. The van der Waals surface area contributed by atoms with Crippen LogP contribution in [0.3, 0.4) is 0 Å². The molecule has 0 bridgehead atoms. The number of hydroxylamine groups is 1. The molecule has 0 aliphatic heterocycles. The minimum Gasteiger partial charge on any atom is -0.322 e. The number of halogens is 2. The zero-order valence-corrected chi connectivity index (χ0v) is 11.8. The molecule has 1 amide bonds. The Hall–Kier alpha value is -0.810. The second-order valence-electron chi connectivity index (χ2n) is 4.17. The zero-order chi connectivity index (χ0) is 13.5. The van der Waals surface area contributed by atoms with Gasteiger partial charge in [-0.2, -0.15) is 5.48 Å². The average Bonchev–Trinajstić information content (AvgIpc) is 2.29. The lowest BCUT2D eigenvalue weighted by Crippen LogP contribution is -2.29. The van der Waals surface area contributed by atoms with Crippen LogP contribution in [0.1, 0.15) is 13.8 Å². The molecule has 0 atom stereocenters. The number of carbonyl (C=O) groups excluding carboxylic acids is 1. The van der Waals surface area contributed by atoms with Crippen LogP contribution in [0.2, 0.25) is 10.0 Å². The van der Waals surface area contributed by atoms with Crippen LogP contribution in [-0.2, 0) is 9.63 Å². The Labute approximate surface area is 117 Å². The van der Waals surface area contributed by atoms with E-state index in [1.165, 1.54) is 0 Å². The Morgan fingerprint density at radius 3 is 2.50 bits per heavy atom. The predicted octanol–water partition coefficient (Wildman–Crippen LogP) is 3.11. The van der Waals surface area contributed by atoms with Gasteiger partial charge in [0.05, 0.1) is 22.3 Å². The zero-order valence-electron chi connectivity index (χ0n) is 10.3. The van der Waals surface area contributed by atoms with Gasteiger partial charge in [0.15, 0.2) is 0 Å². The minimum atomic E-state index is -0.270. The van der Waals surface area contributed by atoms with E-state index in [1.54, 1.807) is 18.2 Å². The molecule has 18 heavy (non-hydrogen) atoms. The van der Waals surface area contributed by atoms with Crippen LogP contribution in [-0.4, -0.2) is 19.1 Å². The van der Waals surface area contributed by atoms with Gasteiger partial charge in [0.1, 0.15) is 6.54 Å². The molecule has 100 valence electrons. The van der Waals surface area contributed by atoms with Crippen molar-refractivity contribution in [2.75, 3.05) is 18.5 Å². The number of anilines is 1. The van der Waals surface area contributed by atoms with Gasteiger partial charge in [0, 0.05) is 0 Å². The first-order valence-electron chi connectivity index (χ1n) is 5.59. The summed E-state index contributed by atoms with van der Waals surface area (Å²) in [6.45, 7) is 4.62. The van der Waals surface area contributed by atoms with Crippen molar-refractivity contribution in [2.45, 2.75) is 13.8 Å². The van der Waals surface area contributed by atoms with Crippen molar-refractivity contribution in [3.05, 3.63) is 28.2 Å². The molecular formula is C12H16Cl2N2O2. The van der Waals surface area contributed by atoms with E-state index in [0.29, 0.717) is 28.3 Å². The summed E-state index contributed by atoms with van der Waals surface area (Å²) in [5, 5.41) is 3.42. The molecule has 6 heteroatoms. The second kappa shape index (κ2) is 7.59. The molecule has 0 radical (unpaired) electrons. The fourth-order valence-electron chi connectivity index (χ4n) is 1.14. The first-order chi connectivity index (χ1) is 8.50. The summed E-state index contributed by atoms with van der Waals surface area (Å²) < 4.78 is 0. The van der Waals surface area contributed by atoms with Gasteiger partial charge in [-0.15, -0.1) is 0 Å². The maximum atomic E-state index is 11.6. The summed E-state index contributed by atoms with van der Waals surface area (Å²) in [6.07, 6.45) is 0. The smallest absolute Gasteiger partial charge is 0.240 e. The summed E-state index contributed by atoms with van der Waals surface area (Å²) in [5.41, 5.74) is 2.99. The van der Waals surface area contributed by atoms with Crippen LogP contribution in [0.15, 0.2) is 18.2 Å². The van der Waals surface area contributed by atoms with Gasteiger partial charge in [0.2, 0.25) is 5.91 Å². The summed E-state index contributed by atoms with van der Waals surface area (Å²) >= 11 is 11.9. The molecule has 1 rings (SSSR count). The first kappa shape index (κ1) is 15.2. The maximum Gasteiger partial charge on any atom is 0.240 e. The van der Waals surface area contributed by atoms with Gasteiger partial charge >= 0.3 is 0 Å². The van der Waals surface area contributed by atoms with Crippen molar-refractivity contribution in [3.63, 3.8) is 0 Å². The molecule has 0 spiro atoms. The quantitative estimate of drug-likeness (QED) is 0.625. The standard InChI is InChI=1S/C12H16Cl2N2O2/c1-8(2)7-18-15-6-11(17)16-12-9(13)4-3-5-10(12)14/h3-5,8,15H,6-7H2,1-2H3,(H,16,17). The van der Waals surface area contributed by atoms with Crippen molar-refractivity contribution >= 4 is 34.8 Å². The summed E-state index contributed by atoms with van der Waals surface area (Å²) in [4.78, 5) is 16.7. The molecule has 0 aliphatic rings. The summed E-state index contributed by atoms with van der Waals surface area (Å²) in [6, 6.07) is 5.03. The Balaban J connectivity index is 2.40. The second-order valence-corrected chi connectivity index (χ2v) is 4.99. The van der Waals surface area contributed by atoms with Crippen LogP contribution in [0.4, 0.5) is 5.69 Å². The number of hydrogen-bond donors (Lipinski definition) is 2. The number of rotatable bonds is 6. The van der Waals surface area contributed by atoms with Crippen LogP contribution in [0.25, 0.3) is 0 Å². The fourth-order valence-corrected chi connectivity index (χ4v) is 1.63. The van der Waals surface area contributed by atoms with Crippen LogP contribution in [0.5, 0.6) is 0 Å². The van der Waals surface area contributed by atoms with E-state index in [2.05, 4.69) is 10.8 Å². The molecule has 0 saturated heterocycles. The molecule has 0 unspecified atom stereocenters. The van der Waals surface area contributed by atoms with Crippen molar-refractivity contribution < 1.29 is 9.63 Å². The number of amides is 1. The molecule has 1 aromatic rings. The summed E-state index contributed by atoms with van der Waals surface area (Å²) in [5.74, 6) is 0.132. The van der Waals surface area contributed by atoms with E-state index < -0.39 is 0 Å². The number of hydrogen-bond acceptors (Lipinski definition) is 3. The first-order valence-corrected chi connectivity index (χ1v) is 6.34. The molecule has 0 saturated carbocycles. The Morgan fingerprint density at radius 1 is 1.33 bits per heavy atom. The van der Waals surface area contributed by atoms with Crippen molar-refractivity contribution in [2.24, 2.45) is 5.92 Å². The molecule has 2 N–H and O–H groups in total. The van der Waals surface area contributed by atoms with E-state index in [4.69, 9.17) is 28.0 Å². The van der Waals surface area contributed by atoms with Crippen LogP contribution < -0.4 is 10.8 Å². The lowest BCUT2D eigenvalue weighted by Gasteiger charge is -2.10. The van der Waals surface area contributed by atoms with E-state index in [9.17, 15) is 4.79 Å². The van der Waals surface area contributed by atoms with E-state index in [-0.39, 0.29) is 12.5 Å². The Kier molecular flexibility index (Phi) is 6.43. The molecular weight excluding hydrogens is 275 g/mol. The normalized spacial score (nSPS) is 10.7. The van der Waals surface area contributed by atoms with Gasteiger partial charge < -0.3 is 10.2 Å². The van der Waals surface area contributed by atoms with Crippen molar-refractivity contribution in [3.8, 4) is 0 Å². The van der Waals surface area contributed by atoms with Gasteiger partial charge in [-0.25, -0.2) is 0 Å². The molecule has 0 aromatic heterocycles. The van der Waals surface area contributed by atoms with Crippen molar-refractivity contribution in [1.82, 2.24) is 5.48 Å². The lowest BCUT2D eigenvalue weighted by molar-refractivity contribution is -0.118. The topological polar surface area (TPSA) is 50.4 Å². The van der Waals surface area contributed by atoms with Crippen LogP contribution in [0, 0.1) is 5.92 Å². The van der Waals surface area contributed by atoms with Gasteiger partial charge in [-0.1, -0.05) is 43.1 Å². The highest BCUT2D eigenvalue weighted by atomic mass is 35.5. The third kappa shape index (κ3) is 5.23. The fraction of sp³-hybridized carbons (Fsp3) is 0.417. The Bertz CT molecular complexity index is 391. The molecule has 0 heterocycles. The molecule has 4 nitrogen and oxygen atoms in total. The van der Waals surface area contributed by atoms with Crippen LogP contribution >= 0.6 is 23.2 Å². The Morgan fingerprint density at radius 2 is 1.94 bits per heavy atom.